The lowest BCUT2D eigenvalue weighted by atomic mass is 9.72. The first kappa shape index (κ1) is 10.2. The zero-order chi connectivity index (χ0) is 10.0. The SMILES string of the molecule is CC(=N)C(C)C1C=CC1C=C(C)C. The van der Waals surface area contributed by atoms with Gasteiger partial charge in [-0.2, -0.15) is 0 Å². The van der Waals surface area contributed by atoms with Gasteiger partial charge < -0.3 is 5.41 Å². The van der Waals surface area contributed by atoms with Crippen molar-refractivity contribution in [2.75, 3.05) is 0 Å². The molecule has 3 atom stereocenters. The second kappa shape index (κ2) is 3.91. The highest BCUT2D eigenvalue weighted by Crippen LogP contribution is 2.34. The Morgan fingerprint density at radius 2 is 1.92 bits per heavy atom. The fourth-order valence-corrected chi connectivity index (χ4v) is 1.71. The van der Waals surface area contributed by atoms with Gasteiger partial charge in [0.2, 0.25) is 0 Å². The van der Waals surface area contributed by atoms with Gasteiger partial charge in [0.15, 0.2) is 0 Å². The zero-order valence-electron chi connectivity index (χ0n) is 8.96. The van der Waals surface area contributed by atoms with Crippen LogP contribution in [-0.2, 0) is 0 Å². The Balaban J connectivity index is 2.61. The van der Waals surface area contributed by atoms with Gasteiger partial charge in [-0.3, -0.25) is 0 Å². The normalized spacial score (nSPS) is 27.7. The molecule has 0 aliphatic heterocycles. The van der Waals surface area contributed by atoms with Crippen molar-refractivity contribution in [3.63, 3.8) is 0 Å². The van der Waals surface area contributed by atoms with Crippen molar-refractivity contribution in [2.45, 2.75) is 27.7 Å². The molecule has 1 aliphatic rings. The maximum absolute atomic E-state index is 7.59. The van der Waals surface area contributed by atoms with Crippen molar-refractivity contribution < 1.29 is 0 Å². The van der Waals surface area contributed by atoms with Gasteiger partial charge in [0.05, 0.1) is 0 Å². The van der Waals surface area contributed by atoms with Gasteiger partial charge in [0, 0.05) is 17.5 Å². The van der Waals surface area contributed by atoms with Crippen molar-refractivity contribution in [2.24, 2.45) is 17.8 Å². The molecule has 0 saturated carbocycles. The highest BCUT2D eigenvalue weighted by atomic mass is 14.4. The molecule has 0 aromatic carbocycles. The van der Waals surface area contributed by atoms with Crippen LogP contribution in [0.15, 0.2) is 23.8 Å². The predicted molar refractivity (Wildman–Crippen MR) is 58.1 cm³/mol. The van der Waals surface area contributed by atoms with Crippen molar-refractivity contribution >= 4 is 5.71 Å². The van der Waals surface area contributed by atoms with Gasteiger partial charge in [0.25, 0.3) is 0 Å². The van der Waals surface area contributed by atoms with Crippen LogP contribution in [0.2, 0.25) is 0 Å². The molecule has 1 heteroatoms. The number of nitrogens with one attached hydrogen (secondary N) is 1. The van der Waals surface area contributed by atoms with Crippen LogP contribution in [-0.4, -0.2) is 5.71 Å². The Hall–Kier alpha value is -0.850. The molecule has 0 aromatic heterocycles. The molecular weight excluding hydrogens is 158 g/mol. The number of rotatable bonds is 3. The first-order chi connectivity index (χ1) is 6.02. The number of allylic oxidation sites excluding steroid dienone is 4. The van der Waals surface area contributed by atoms with E-state index >= 15 is 0 Å². The van der Waals surface area contributed by atoms with Crippen LogP contribution in [0.1, 0.15) is 27.7 Å². The molecule has 0 spiro atoms. The second-order valence-electron chi connectivity index (χ2n) is 4.26. The smallest absolute Gasteiger partial charge is 0.00925 e. The molecule has 0 heterocycles. The standard InChI is InChI=1S/C12H19N/c1-8(2)7-11-5-6-12(11)9(3)10(4)13/h5-7,9,11-13H,1-4H3. The van der Waals surface area contributed by atoms with Gasteiger partial charge in [0.1, 0.15) is 0 Å². The predicted octanol–water partition coefficient (Wildman–Crippen LogP) is 3.43. The molecule has 0 radical (unpaired) electrons. The van der Waals surface area contributed by atoms with Crippen molar-refractivity contribution in [1.29, 1.82) is 5.41 Å². The summed E-state index contributed by atoms with van der Waals surface area (Å²) in [5, 5.41) is 7.59. The maximum atomic E-state index is 7.59. The zero-order valence-corrected chi connectivity index (χ0v) is 8.96. The van der Waals surface area contributed by atoms with Crippen LogP contribution >= 0.6 is 0 Å². The summed E-state index contributed by atoms with van der Waals surface area (Å²) in [5.74, 6) is 1.53. The summed E-state index contributed by atoms with van der Waals surface area (Å²) in [4.78, 5) is 0. The molecule has 1 nitrogen and oxygen atoms in total. The Kier molecular flexibility index (Phi) is 3.07. The molecule has 0 amide bonds. The molecule has 13 heavy (non-hydrogen) atoms. The molecule has 0 aromatic rings. The van der Waals surface area contributed by atoms with E-state index < -0.39 is 0 Å². The van der Waals surface area contributed by atoms with E-state index in [2.05, 4.69) is 39.0 Å². The molecule has 0 fully saturated rings. The van der Waals surface area contributed by atoms with Gasteiger partial charge in [-0.15, -0.1) is 0 Å². The van der Waals surface area contributed by atoms with E-state index in [1.165, 1.54) is 5.57 Å². The molecule has 72 valence electrons. The van der Waals surface area contributed by atoms with E-state index in [4.69, 9.17) is 5.41 Å². The van der Waals surface area contributed by atoms with Crippen molar-refractivity contribution in [3.05, 3.63) is 23.8 Å². The summed E-state index contributed by atoms with van der Waals surface area (Å²) in [7, 11) is 0. The Morgan fingerprint density at radius 1 is 1.31 bits per heavy atom. The van der Waals surface area contributed by atoms with Gasteiger partial charge in [-0.25, -0.2) is 0 Å². The highest BCUT2D eigenvalue weighted by Gasteiger charge is 2.28. The maximum Gasteiger partial charge on any atom is 0.00925 e. The summed E-state index contributed by atoms with van der Waals surface area (Å²) in [6.45, 7) is 8.30. The Labute approximate surface area is 81.1 Å². The Bertz CT molecular complexity index is 256. The lowest BCUT2D eigenvalue weighted by Crippen LogP contribution is -2.27. The molecule has 1 N–H and O–H groups in total. The van der Waals surface area contributed by atoms with Gasteiger partial charge in [-0.05, 0) is 26.7 Å². The minimum Gasteiger partial charge on any atom is -0.310 e. The second-order valence-corrected chi connectivity index (χ2v) is 4.26. The van der Waals surface area contributed by atoms with Crippen LogP contribution in [0.3, 0.4) is 0 Å². The summed E-state index contributed by atoms with van der Waals surface area (Å²) in [5.41, 5.74) is 2.16. The van der Waals surface area contributed by atoms with Crippen molar-refractivity contribution in [1.82, 2.24) is 0 Å². The van der Waals surface area contributed by atoms with Crippen LogP contribution in [0, 0.1) is 23.2 Å². The highest BCUT2D eigenvalue weighted by molar-refractivity contribution is 5.81. The number of hydrogen-bond donors (Lipinski definition) is 1. The largest absolute Gasteiger partial charge is 0.310 e. The molecule has 0 bridgehead atoms. The van der Waals surface area contributed by atoms with E-state index in [0.717, 1.165) is 5.71 Å². The lowest BCUT2D eigenvalue weighted by Gasteiger charge is -2.32. The Morgan fingerprint density at radius 3 is 2.23 bits per heavy atom. The van der Waals surface area contributed by atoms with E-state index in [1.807, 2.05) is 6.92 Å². The van der Waals surface area contributed by atoms with Crippen LogP contribution in [0.25, 0.3) is 0 Å². The third-order valence-corrected chi connectivity index (χ3v) is 2.79. The first-order valence-corrected chi connectivity index (χ1v) is 4.90. The molecule has 0 saturated heterocycles. The molecule has 1 rings (SSSR count). The number of hydrogen-bond acceptors (Lipinski definition) is 1. The van der Waals surface area contributed by atoms with Crippen LogP contribution in [0.4, 0.5) is 0 Å². The first-order valence-electron chi connectivity index (χ1n) is 4.90. The molecular formula is C12H19N. The van der Waals surface area contributed by atoms with Crippen molar-refractivity contribution in [3.8, 4) is 0 Å². The average molecular weight is 177 g/mol. The third kappa shape index (κ3) is 2.30. The summed E-state index contributed by atoms with van der Waals surface area (Å²) in [6, 6.07) is 0. The van der Waals surface area contributed by atoms with E-state index in [1.54, 1.807) is 0 Å². The minimum atomic E-state index is 0.394. The topological polar surface area (TPSA) is 23.9 Å². The van der Waals surface area contributed by atoms with E-state index in [-0.39, 0.29) is 0 Å². The summed E-state index contributed by atoms with van der Waals surface area (Å²) < 4.78 is 0. The summed E-state index contributed by atoms with van der Waals surface area (Å²) >= 11 is 0. The summed E-state index contributed by atoms with van der Waals surface area (Å²) in [6.07, 6.45) is 6.76. The minimum absolute atomic E-state index is 0.394. The molecule has 3 unspecified atom stereocenters. The van der Waals surface area contributed by atoms with E-state index in [9.17, 15) is 0 Å². The third-order valence-electron chi connectivity index (χ3n) is 2.79. The van der Waals surface area contributed by atoms with Gasteiger partial charge >= 0.3 is 0 Å². The average Bonchev–Trinajstić information content (AvgIpc) is 1.98. The monoisotopic (exact) mass is 177 g/mol. The lowest BCUT2D eigenvalue weighted by molar-refractivity contribution is 0.422. The van der Waals surface area contributed by atoms with Crippen LogP contribution in [0.5, 0.6) is 0 Å². The molecule has 1 aliphatic carbocycles. The van der Waals surface area contributed by atoms with Gasteiger partial charge in [-0.1, -0.05) is 30.7 Å². The fourth-order valence-electron chi connectivity index (χ4n) is 1.71. The van der Waals surface area contributed by atoms with Crippen LogP contribution < -0.4 is 0 Å². The quantitative estimate of drug-likeness (QED) is 0.504. The van der Waals surface area contributed by atoms with E-state index in [0.29, 0.717) is 17.8 Å². The fraction of sp³-hybridized carbons (Fsp3) is 0.583.